The average molecular weight is 157 g/mol. The van der Waals surface area contributed by atoms with E-state index < -0.39 is 0 Å². The van der Waals surface area contributed by atoms with E-state index in [9.17, 15) is 0 Å². The molecule has 1 aromatic carbocycles. The molecular weight excluding hydrogens is 148 g/mol. The monoisotopic (exact) mass is 157 g/mol. The second-order valence-corrected chi connectivity index (χ2v) is 2.74. The van der Waals surface area contributed by atoms with Crippen LogP contribution in [-0.2, 0) is 0 Å². The lowest BCUT2D eigenvalue weighted by molar-refractivity contribution is 0.582. The van der Waals surface area contributed by atoms with Crippen molar-refractivity contribution in [3.63, 3.8) is 0 Å². The molecular formula is C11H9O. The van der Waals surface area contributed by atoms with E-state index in [1.165, 1.54) is 0 Å². The molecule has 1 radical (unpaired) electrons. The van der Waals surface area contributed by atoms with Crippen LogP contribution in [0.1, 0.15) is 5.56 Å². The van der Waals surface area contributed by atoms with Crippen molar-refractivity contribution < 1.29 is 4.42 Å². The first-order valence-corrected chi connectivity index (χ1v) is 3.88. The van der Waals surface area contributed by atoms with Crippen LogP contribution in [0.25, 0.3) is 11.3 Å². The Balaban J connectivity index is 2.43. The van der Waals surface area contributed by atoms with E-state index >= 15 is 0 Å². The zero-order valence-corrected chi connectivity index (χ0v) is 6.87. The fourth-order valence-electron chi connectivity index (χ4n) is 1.10. The van der Waals surface area contributed by atoms with E-state index in [0.717, 1.165) is 16.9 Å². The highest BCUT2D eigenvalue weighted by Gasteiger charge is 1.97. The Morgan fingerprint density at radius 3 is 2.75 bits per heavy atom. The molecule has 0 bridgehead atoms. The first-order chi connectivity index (χ1) is 5.86. The van der Waals surface area contributed by atoms with E-state index in [2.05, 4.69) is 6.07 Å². The van der Waals surface area contributed by atoms with Gasteiger partial charge >= 0.3 is 0 Å². The Bertz CT molecular complexity index is 343. The van der Waals surface area contributed by atoms with Crippen LogP contribution in [0.5, 0.6) is 0 Å². The van der Waals surface area contributed by atoms with Gasteiger partial charge in [0.2, 0.25) is 0 Å². The fourth-order valence-corrected chi connectivity index (χ4v) is 1.10. The normalized spacial score (nSPS) is 10.1. The van der Waals surface area contributed by atoms with Gasteiger partial charge in [0.15, 0.2) is 0 Å². The van der Waals surface area contributed by atoms with E-state index in [4.69, 9.17) is 4.42 Å². The zero-order valence-electron chi connectivity index (χ0n) is 6.87. The van der Waals surface area contributed by atoms with Crippen LogP contribution in [0, 0.1) is 13.0 Å². The maximum absolute atomic E-state index is 5.24. The standard InChI is InChI=1S/C11H9O/c1-9-4-6-10(7-5-9)11-3-2-8-12-11/h2-4,6-8H,1H3. The lowest BCUT2D eigenvalue weighted by Gasteiger charge is -1.95. The lowest BCUT2D eigenvalue weighted by atomic mass is 10.1. The summed E-state index contributed by atoms with van der Waals surface area (Å²) in [5, 5.41) is 0. The molecule has 1 heterocycles. The molecule has 0 fully saturated rings. The molecule has 1 nitrogen and oxygen atoms in total. The summed E-state index contributed by atoms with van der Waals surface area (Å²) in [6, 6.07) is 13.0. The van der Waals surface area contributed by atoms with Gasteiger partial charge in [-0.3, -0.25) is 0 Å². The van der Waals surface area contributed by atoms with Crippen molar-refractivity contribution in [1.82, 2.24) is 0 Å². The summed E-state index contributed by atoms with van der Waals surface area (Å²) in [5.74, 6) is 0.895. The van der Waals surface area contributed by atoms with Crippen LogP contribution in [0.3, 0.4) is 0 Å². The van der Waals surface area contributed by atoms with Crippen LogP contribution in [-0.4, -0.2) is 0 Å². The molecule has 2 aromatic rings. The van der Waals surface area contributed by atoms with E-state index in [1.807, 2.05) is 37.3 Å². The third kappa shape index (κ3) is 1.26. The molecule has 0 aliphatic rings. The van der Waals surface area contributed by atoms with Crippen molar-refractivity contribution in [2.75, 3.05) is 0 Å². The molecule has 1 heteroatoms. The molecule has 2 rings (SSSR count). The summed E-state index contributed by atoms with van der Waals surface area (Å²) in [4.78, 5) is 0. The molecule has 12 heavy (non-hydrogen) atoms. The lowest BCUT2D eigenvalue weighted by Crippen LogP contribution is -1.74. The minimum absolute atomic E-state index is 0.895. The van der Waals surface area contributed by atoms with Gasteiger partial charge in [-0.15, -0.1) is 0 Å². The Kier molecular flexibility index (Phi) is 1.71. The molecule has 0 atom stereocenters. The predicted molar refractivity (Wildman–Crippen MR) is 47.7 cm³/mol. The van der Waals surface area contributed by atoms with E-state index in [1.54, 1.807) is 6.26 Å². The van der Waals surface area contributed by atoms with Crippen molar-refractivity contribution in [1.29, 1.82) is 0 Å². The second kappa shape index (κ2) is 2.86. The van der Waals surface area contributed by atoms with Crippen LogP contribution >= 0.6 is 0 Å². The summed E-state index contributed by atoms with van der Waals surface area (Å²) < 4.78 is 5.24. The van der Waals surface area contributed by atoms with Crippen molar-refractivity contribution in [2.24, 2.45) is 0 Å². The third-order valence-corrected chi connectivity index (χ3v) is 1.77. The van der Waals surface area contributed by atoms with Crippen molar-refractivity contribution >= 4 is 0 Å². The molecule has 0 aliphatic carbocycles. The van der Waals surface area contributed by atoms with Gasteiger partial charge in [0.05, 0.1) is 6.26 Å². The highest BCUT2D eigenvalue weighted by atomic mass is 16.3. The summed E-state index contributed by atoms with van der Waals surface area (Å²) in [7, 11) is 0. The third-order valence-electron chi connectivity index (χ3n) is 1.77. The summed E-state index contributed by atoms with van der Waals surface area (Å²) in [6.45, 7) is 2.02. The van der Waals surface area contributed by atoms with Crippen LogP contribution < -0.4 is 0 Å². The molecule has 59 valence electrons. The molecule has 0 saturated heterocycles. The van der Waals surface area contributed by atoms with Gasteiger partial charge in [-0.25, -0.2) is 0 Å². The number of hydrogen-bond donors (Lipinski definition) is 0. The smallest absolute Gasteiger partial charge is 0.133 e. The number of benzene rings is 1. The minimum atomic E-state index is 0.895. The van der Waals surface area contributed by atoms with Gasteiger partial charge < -0.3 is 4.42 Å². The first kappa shape index (κ1) is 7.17. The fraction of sp³-hybridized carbons (Fsp3) is 0.0909. The SMILES string of the molecule is Cc1[c]cc(-c2ccco2)cc1. The Morgan fingerprint density at radius 2 is 2.17 bits per heavy atom. The molecule has 1 aromatic heterocycles. The summed E-state index contributed by atoms with van der Waals surface area (Å²) in [6.07, 6.45) is 1.68. The molecule has 0 spiro atoms. The number of rotatable bonds is 1. The van der Waals surface area contributed by atoms with Crippen molar-refractivity contribution in [2.45, 2.75) is 6.92 Å². The van der Waals surface area contributed by atoms with Gasteiger partial charge in [0, 0.05) is 5.56 Å². The average Bonchev–Trinajstić information content (AvgIpc) is 2.58. The van der Waals surface area contributed by atoms with Gasteiger partial charge in [0.25, 0.3) is 0 Å². The highest BCUT2D eigenvalue weighted by Crippen LogP contribution is 2.19. The number of hydrogen-bond acceptors (Lipinski definition) is 1. The maximum atomic E-state index is 5.24. The Morgan fingerprint density at radius 1 is 1.25 bits per heavy atom. The van der Waals surface area contributed by atoms with E-state index in [-0.39, 0.29) is 0 Å². The number of furan rings is 1. The molecule has 0 unspecified atom stereocenters. The second-order valence-electron chi connectivity index (χ2n) is 2.74. The van der Waals surface area contributed by atoms with E-state index in [0.29, 0.717) is 0 Å². The highest BCUT2D eigenvalue weighted by molar-refractivity contribution is 5.56. The maximum Gasteiger partial charge on any atom is 0.133 e. The van der Waals surface area contributed by atoms with Gasteiger partial charge in [-0.05, 0) is 36.8 Å². The first-order valence-electron chi connectivity index (χ1n) is 3.88. The topological polar surface area (TPSA) is 13.1 Å². The molecule has 0 N–H and O–H groups in total. The zero-order chi connectivity index (χ0) is 8.39. The Labute approximate surface area is 71.6 Å². The van der Waals surface area contributed by atoms with Gasteiger partial charge in [-0.2, -0.15) is 0 Å². The summed E-state index contributed by atoms with van der Waals surface area (Å²) in [5.41, 5.74) is 2.22. The van der Waals surface area contributed by atoms with Crippen LogP contribution in [0.15, 0.2) is 41.0 Å². The Hall–Kier alpha value is -1.50. The number of aryl methyl sites for hydroxylation is 1. The van der Waals surface area contributed by atoms with Crippen molar-refractivity contribution in [3.05, 3.63) is 48.2 Å². The van der Waals surface area contributed by atoms with Crippen LogP contribution in [0.4, 0.5) is 0 Å². The van der Waals surface area contributed by atoms with Crippen molar-refractivity contribution in [3.8, 4) is 11.3 Å². The minimum Gasteiger partial charge on any atom is -0.464 e. The molecule has 0 saturated carbocycles. The molecule has 0 aliphatic heterocycles. The van der Waals surface area contributed by atoms with Gasteiger partial charge in [0.1, 0.15) is 5.76 Å². The quantitative estimate of drug-likeness (QED) is 0.620. The largest absolute Gasteiger partial charge is 0.464 e. The van der Waals surface area contributed by atoms with Gasteiger partial charge in [-0.1, -0.05) is 12.1 Å². The summed E-state index contributed by atoms with van der Waals surface area (Å²) >= 11 is 0. The van der Waals surface area contributed by atoms with Crippen LogP contribution in [0.2, 0.25) is 0 Å². The molecule has 0 amide bonds. The predicted octanol–water partition coefficient (Wildman–Crippen LogP) is 3.06.